The third-order valence-corrected chi connectivity index (χ3v) is 3.33. The first-order valence-electron chi connectivity index (χ1n) is 4.79. The number of hydrogen-bond donors (Lipinski definition) is 1. The molecule has 0 radical (unpaired) electrons. The summed E-state index contributed by atoms with van der Waals surface area (Å²) < 4.78 is 0. The summed E-state index contributed by atoms with van der Waals surface area (Å²) in [6, 6.07) is 7.80. The average molecular weight is 241 g/mol. The van der Waals surface area contributed by atoms with Gasteiger partial charge in [-0.1, -0.05) is 11.6 Å². The third kappa shape index (κ3) is 4.46. The van der Waals surface area contributed by atoms with E-state index < -0.39 is 0 Å². The number of rotatable bonds is 5. The SMILES string of the molecule is N#CCCCCSc1ccc(N)c(Cl)c1. The lowest BCUT2D eigenvalue weighted by atomic mass is 10.3. The van der Waals surface area contributed by atoms with Crippen LogP contribution in [0.25, 0.3) is 0 Å². The minimum atomic E-state index is 0.608. The van der Waals surface area contributed by atoms with Crippen LogP contribution in [0.3, 0.4) is 0 Å². The van der Waals surface area contributed by atoms with Gasteiger partial charge in [0, 0.05) is 11.3 Å². The van der Waals surface area contributed by atoms with Gasteiger partial charge in [-0.2, -0.15) is 5.26 Å². The molecule has 0 fully saturated rings. The molecule has 0 bridgehead atoms. The number of unbranched alkanes of at least 4 members (excludes halogenated alkanes) is 2. The van der Waals surface area contributed by atoms with Crippen LogP contribution in [0.2, 0.25) is 5.02 Å². The first-order valence-corrected chi connectivity index (χ1v) is 6.15. The van der Waals surface area contributed by atoms with E-state index in [1.807, 2.05) is 18.2 Å². The first-order chi connectivity index (χ1) is 7.24. The fourth-order valence-electron chi connectivity index (χ4n) is 1.09. The van der Waals surface area contributed by atoms with Crippen molar-refractivity contribution in [2.45, 2.75) is 24.2 Å². The van der Waals surface area contributed by atoms with Gasteiger partial charge in [0.2, 0.25) is 0 Å². The Balaban J connectivity index is 2.32. The molecule has 0 amide bonds. The highest BCUT2D eigenvalue weighted by Gasteiger charge is 1.98. The molecule has 0 aliphatic rings. The number of nitriles is 1. The lowest BCUT2D eigenvalue weighted by Crippen LogP contribution is -1.86. The Kier molecular flexibility index (Phi) is 5.38. The Labute approximate surface area is 99.4 Å². The Morgan fingerprint density at radius 3 is 2.87 bits per heavy atom. The third-order valence-electron chi connectivity index (χ3n) is 1.92. The molecule has 0 saturated carbocycles. The van der Waals surface area contributed by atoms with Crippen LogP contribution in [-0.2, 0) is 0 Å². The van der Waals surface area contributed by atoms with Crippen molar-refractivity contribution >= 4 is 29.1 Å². The van der Waals surface area contributed by atoms with Crippen LogP contribution in [0.4, 0.5) is 5.69 Å². The van der Waals surface area contributed by atoms with Gasteiger partial charge in [-0.05, 0) is 36.8 Å². The van der Waals surface area contributed by atoms with Crippen LogP contribution in [-0.4, -0.2) is 5.75 Å². The number of benzene rings is 1. The molecule has 0 saturated heterocycles. The maximum atomic E-state index is 8.36. The van der Waals surface area contributed by atoms with E-state index in [4.69, 9.17) is 22.6 Å². The molecule has 2 N–H and O–H groups in total. The Morgan fingerprint density at radius 1 is 1.40 bits per heavy atom. The average Bonchev–Trinajstić information content (AvgIpc) is 2.23. The van der Waals surface area contributed by atoms with Crippen molar-refractivity contribution in [1.82, 2.24) is 0 Å². The molecule has 0 heterocycles. The van der Waals surface area contributed by atoms with Gasteiger partial charge in [0.15, 0.2) is 0 Å². The molecule has 0 aliphatic heterocycles. The summed E-state index contributed by atoms with van der Waals surface area (Å²) in [4.78, 5) is 1.13. The predicted molar refractivity (Wildman–Crippen MR) is 66.1 cm³/mol. The number of nitrogen functional groups attached to an aromatic ring is 1. The largest absolute Gasteiger partial charge is 0.398 e. The van der Waals surface area contributed by atoms with Crippen molar-refractivity contribution in [2.75, 3.05) is 11.5 Å². The Bertz CT molecular complexity index is 360. The molecular weight excluding hydrogens is 228 g/mol. The van der Waals surface area contributed by atoms with Crippen LogP contribution in [0.15, 0.2) is 23.1 Å². The zero-order chi connectivity index (χ0) is 11.1. The van der Waals surface area contributed by atoms with E-state index in [9.17, 15) is 0 Å². The van der Waals surface area contributed by atoms with E-state index in [0.29, 0.717) is 17.1 Å². The van der Waals surface area contributed by atoms with Gasteiger partial charge in [0.05, 0.1) is 16.8 Å². The first kappa shape index (κ1) is 12.2. The number of anilines is 1. The molecule has 0 spiro atoms. The fourth-order valence-corrected chi connectivity index (χ4v) is 2.29. The summed E-state index contributed by atoms with van der Waals surface area (Å²) in [6.45, 7) is 0. The van der Waals surface area contributed by atoms with Crippen molar-refractivity contribution < 1.29 is 0 Å². The molecule has 0 atom stereocenters. The van der Waals surface area contributed by atoms with Crippen LogP contribution in [0, 0.1) is 11.3 Å². The van der Waals surface area contributed by atoms with Gasteiger partial charge in [-0.25, -0.2) is 0 Å². The van der Waals surface area contributed by atoms with E-state index in [1.54, 1.807) is 11.8 Å². The topological polar surface area (TPSA) is 49.8 Å². The van der Waals surface area contributed by atoms with Gasteiger partial charge in [0.1, 0.15) is 0 Å². The Morgan fingerprint density at radius 2 is 2.20 bits per heavy atom. The smallest absolute Gasteiger partial charge is 0.0646 e. The van der Waals surface area contributed by atoms with Gasteiger partial charge in [0.25, 0.3) is 0 Å². The molecular formula is C11H13ClN2S. The van der Waals surface area contributed by atoms with Crippen LogP contribution in [0.1, 0.15) is 19.3 Å². The lowest BCUT2D eigenvalue weighted by Gasteiger charge is -2.03. The molecule has 15 heavy (non-hydrogen) atoms. The summed E-state index contributed by atoms with van der Waals surface area (Å²) in [5, 5.41) is 8.97. The van der Waals surface area contributed by atoms with Crippen molar-refractivity contribution in [3.05, 3.63) is 23.2 Å². The highest BCUT2D eigenvalue weighted by molar-refractivity contribution is 7.99. The number of halogens is 1. The fraction of sp³-hybridized carbons (Fsp3) is 0.364. The molecule has 0 aliphatic carbocycles. The van der Waals surface area contributed by atoms with E-state index >= 15 is 0 Å². The summed E-state index contributed by atoms with van der Waals surface area (Å²) >= 11 is 7.64. The molecule has 1 aromatic rings. The van der Waals surface area contributed by atoms with Gasteiger partial charge in [-0.15, -0.1) is 11.8 Å². The predicted octanol–water partition coefficient (Wildman–Crippen LogP) is 3.71. The second-order valence-corrected chi connectivity index (χ2v) is 4.72. The molecule has 0 unspecified atom stereocenters. The standard InChI is InChI=1S/C11H13ClN2S/c12-10-8-9(4-5-11(10)14)15-7-3-1-2-6-13/h4-5,8H,1-3,7,14H2. The van der Waals surface area contributed by atoms with Crippen LogP contribution in [0.5, 0.6) is 0 Å². The van der Waals surface area contributed by atoms with Gasteiger partial charge < -0.3 is 5.73 Å². The van der Waals surface area contributed by atoms with E-state index in [-0.39, 0.29) is 0 Å². The zero-order valence-corrected chi connectivity index (χ0v) is 9.94. The monoisotopic (exact) mass is 240 g/mol. The lowest BCUT2D eigenvalue weighted by molar-refractivity contribution is 0.830. The highest BCUT2D eigenvalue weighted by atomic mass is 35.5. The molecule has 1 aromatic carbocycles. The number of nitrogens with zero attached hydrogens (tertiary/aromatic N) is 1. The molecule has 1 rings (SSSR count). The second kappa shape index (κ2) is 6.60. The van der Waals surface area contributed by atoms with Crippen LogP contribution >= 0.6 is 23.4 Å². The summed E-state index contributed by atoms with van der Waals surface area (Å²) in [6.07, 6.45) is 2.66. The summed E-state index contributed by atoms with van der Waals surface area (Å²) in [7, 11) is 0. The highest BCUT2D eigenvalue weighted by Crippen LogP contribution is 2.26. The number of nitrogens with two attached hydrogens (primary N) is 1. The molecule has 2 nitrogen and oxygen atoms in total. The van der Waals surface area contributed by atoms with E-state index in [2.05, 4.69) is 6.07 Å². The minimum absolute atomic E-state index is 0.608. The van der Waals surface area contributed by atoms with Gasteiger partial charge >= 0.3 is 0 Å². The van der Waals surface area contributed by atoms with Crippen molar-refractivity contribution in [2.24, 2.45) is 0 Å². The normalized spacial score (nSPS) is 9.87. The number of thioether (sulfide) groups is 1. The Hall–Kier alpha value is -0.850. The summed E-state index contributed by atoms with van der Waals surface area (Å²) in [5.41, 5.74) is 6.22. The zero-order valence-electron chi connectivity index (χ0n) is 8.37. The van der Waals surface area contributed by atoms with E-state index in [0.717, 1.165) is 23.5 Å². The molecule has 0 aromatic heterocycles. The van der Waals surface area contributed by atoms with Crippen LogP contribution < -0.4 is 5.73 Å². The summed E-state index contributed by atoms with van der Waals surface area (Å²) in [5.74, 6) is 1.02. The molecule has 4 heteroatoms. The van der Waals surface area contributed by atoms with Crippen molar-refractivity contribution in [1.29, 1.82) is 5.26 Å². The second-order valence-electron chi connectivity index (χ2n) is 3.15. The van der Waals surface area contributed by atoms with Gasteiger partial charge in [-0.3, -0.25) is 0 Å². The van der Waals surface area contributed by atoms with Crippen molar-refractivity contribution in [3.8, 4) is 6.07 Å². The maximum Gasteiger partial charge on any atom is 0.0646 e. The van der Waals surface area contributed by atoms with Crippen molar-refractivity contribution in [3.63, 3.8) is 0 Å². The minimum Gasteiger partial charge on any atom is -0.398 e. The van der Waals surface area contributed by atoms with E-state index in [1.165, 1.54) is 0 Å². The number of hydrogen-bond acceptors (Lipinski definition) is 3. The maximum absolute atomic E-state index is 8.36. The quantitative estimate of drug-likeness (QED) is 0.485. The molecule has 80 valence electrons.